The molecule has 0 saturated carbocycles. The fraction of sp³-hybridized carbons (Fsp3) is 0.643. The van der Waals surface area contributed by atoms with Crippen molar-refractivity contribution in [3.05, 3.63) is 22.4 Å². The summed E-state index contributed by atoms with van der Waals surface area (Å²) in [5.41, 5.74) is 1.20. The van der Waals surface area contributed by atoms with Crippen LogP contribution >= 0.6 is 23.1 Å². The van der Waals surface area contributed by atoms with Crippen LogP contribution in [0.25, 0.3) is 0 Å². The molecular weight excluding hydrogens is 276 g/mol. The average molecular weight is 298 g/mol. The molecule has 0 aromatic carbocycles. The lowest BCUT2D eigenvalue weighted by Gasteiger charge is -2.29. The van der Waals surface area contributed by atoms with Crippen molar-refractivity contribution in [1.82, 2.24) is 10.2 Å². The minimum atomic E-state index is -0.0609. The highest BCUT2D eigenvalue weighted by Crippen LogP contribution is 2.31. The number of nitrogens with one attached hydrogen (secondary N) is 1. The van der Waals surface area contributed by atoms with Gasteiger partial charge in [-0.1, -0.05) is 13.8 Å². The summed E-state index contributed by atoms with van der Waals surface area (Å²) in [6.07, 6.45) is 2.12. The summed E-state index contributed by atoms with van der Waals surface area (Å²) in [7, 11) is 0. The molecular formula is C14H22N2OS2. The quantitative estimate of drug-likeness (QED) is 0.907. The van der Waals surface area contributed by atoms with E-state index in [9.17, 15) is 4.79 Å². The topological polar surface area (TPSA) is 32.3 Å². The summed E-state index contributed by atoms with van der Waals surface area (Å²) in [6.45, 7) is 6.34. The van der Waals surface area contributed by atoms with Gasteiger partial charge in [-0.2, -0.15) is 23.1 Å². The Bertz CT molecular complexity index is 419. The Hall–Kier alpha value is -0.520. The molecule has 5 heteroatoms. The van der Waals surface area contributed by atoms with E-state index in [0.717, 1.165) is 5.75 Å². The Morgan fingerprint density at radius 3 is 2.74 bits per heavy atom. The van der Waals surface area contributed by atoms with Crippen LogP contribution in [0.1, 0.15) is 32.5 Å². The van der Waals surface area contributed by atoms with E-state index in [1.165, 1.54) is 5.56 Å². The number of thiophene rings is 1. The zero-order valence-electron chi connectivity index (χ0n) is 11.9. The predicted molar refractivity (Wildman–Crippen MR) is 83.5 cm³/mol. The Balaban J connectivity index is 2.26. The van der Waals surface area contributed by atoms with Gasteiger partial charge in [0.15, 0.2) is 0 Å². The SMILES string of the molecule is CSCC(C)N1C(=O)C(C(C)C)NC1c1ccsc1. The van der Waals surface area contributed by atoms with Gasteiger partial charge < -0.3 is 4.90 Å². The first kappa shape index (κ1) is 14.9. The maximum absolute atomic E-state index is 12.6. The van der Waals surface area contributed by atoms with Crippen molar-refractivity contribution in [2.75, 3.05) is 12.0 Å². The van der Waals surface area contributed by atoms with Gasteiger partial charge in [-0.25, -0.2) is 0 Å². The fourth-order valence-corrected chi connectivity index (χ4v) is 3.89. The first-order valence-electron chi connectivity index (χ1n) is 6.65. The molecule has 1 fully saturated rings. The van der Waals surface area contributed by atoms with E-state index in [2.05, 4.69) is 49.2 Å². The highest BCUT2D eigenvalue weighted by Gasteiger charge is 2.43. The van der Waals surface area contributed by atoms with Gasteiger partial charge in [0.2, 0.25) is 5.91 Å². The molecule has 3 nitrogen and oxygen atoms in total. The maximum Gasteiger partial charge on any atom is 0.241 e. The second-order valence-corrected chi connectivity index (χ2v) is 7.09. The minimum absolute atomic E-state index is 0.0355. The minimum Gasteiger partial charge on any atom is -0.318 e. The summed E-state index contributed by atoms with van der Waals surface area (Å²) in [5.74, 6) is 1.53. The zero-order valence-corrected chi connectivity index (χ0v) is 13.6. The molecule has 0 spiro atoms. The van der Waals surface area contributed by atoms with E-state index in [0.29, 0.717) is 5.92 Å². The molecule has 1 aliphatic rings. The molecule has 1 amide bonds. The second-order valence-electron chi connectivity index (χ2n) is 5.40. The van der Waals surface area contributed by atoms with Crippen molar-refractivity contribution in [1.29, 1.82) is 0 Å². The largest absolute Gasteiger partial charge is 0.318 e. The normalized spacial score (nSPS) is 25.3. The van der Waals surface area contributed by atoms with E-state index in [1.807, 2.05) is 4.90 Å². The third-order valence-corrected chi connectivity index (χ3v) is 5.06. The van der Waals surface area contributed by atoms with Crippen LogP contribution in [0.2, 0.25) is 0 Å². The first-order valence-corrected chi connectivity index (χ1v) is 8.99. The Morgan fingerprint density at radius 2 is 2.21 bits per heavy atom. The van der Waals surface area contributed by atoms with E-state index < -0.39 is 0 Å². The molecule has 2 heterocycles. The molecule has 1 aliphatic heterocycles. The summed E-state index contributed by atoms with van der Waals surface area (Å²) >= 11 is 3.47. The second kappa shape index (κ2) is 6.29. The van der Waals surface area contributed by atoms with Crippen LogP contribution in [-0.4, -0.2) is 34.9 Å². The third kappa shape index (κ3) is 2.98. The van der Waals surface area contributed by atoms with Gasteiger partial charge in [-0.3, -0.25) is 10.1 Å². The van der Waals surface area contributed by atoms with Crippen molar-refractivity contribution < 1.29 is 4.79 Å². The Morgan fingerprint density at radius 1 is 1.47 bits per heavy atom. The summed E-state index contributed by atoms with van der Waals surface area (Å²) in [5, 5.41) is 7.71. The number of carbonyl (C=O) groups excluding carboxylic acids is 1. The van der Waals surface area contributed by atoms with Crippen molar-refractivity contribution in [2.45, 2.75) is 39.0 Å². The van der Waals surface area contributed by atoms with Gasteiger partial charge in [-0.05, 0) is 41.5 Å². The molecule has 0 bridgehead atoms. The van der Waals surface area contributed by atoms with E-state index >= 15 is 0 Å². The monoisotopic (exact) mass is 298 g/mol. The molecule has 3 atom stereocenters. The zero-order chi connectivity index (χ0) is 14.0. The maximum atomic E-state index is 12.6. The van der Waals surface area contributed by atoms with Gasteiger partial charge in [-0.15, -0.1) is 0 Å². The first-order chi connectivity index (χ1) is 9.06. The average Bonchev–Trinajstić information content (AvgIpc) is 2.95. The van der Waals surface area contributed by atoms with Crippen molar-refractivity contribution >= 4 is 29.0 Å². The van der Waals surface area contributed by atoms with Crippen LogP contribution in [0.4, 0.5) is 0 Å². The fourth-order valence-electron chi connectivity index (χ4n) is 2.57. The number of nitrogens with zero attached hydrogens (tertiary/aromatic N) is 1. The van der Waals surface area contributed by atoms with Crippen molar-refractivity contribution in [3.8, 4) is 0 Å². The lowest BCUT2D eigenvalue weighted by molar-refractivity contribution is -0.132. The lowest BCUT2D eigenvalue weighted by Crippen LogP contribution is -2.40. The van der Waals surface area contributed by atoms with Gasteiger partial charge >= 0.3 is 0 Å². The number of amides is 1. The van der Waals surface area contributed by atoms with Crippen LogP contribution in [0.15, 0.2) is 16.8 Å². The molecule has 3 unspecified atom stereocenters. The number of thioether (sulfide) groups is 1. The summed E-state index contributed by atoms with van der Waals surface area (Å²) in [6, 6.07) is 2.30. The van der Waals surface area contributed by atoms with Crippen molar-refractivity contribution in [3.63, 3.8) is 0 Å². The molecule has 19 heavy (non-hydrogen) atoms. The van der Waals surface area contributed by atoms with Crippen LogP contribution in [0.3, 0.4) is 0 Å². The number of rotatable bonds is 5. The highest BCUT2D eigenvalue weighted by molar-refractivity contribution is 7.98. The highest BCUT2D eigenvalue weighted by atomic mass is 32.2. The van der Waals surface area contributed by atoms with Gasteiger partial charge in [0.1, 0.15) is 6.17 Å². The van der Waals surface area contributed by atoms with Crippen LogP contribution < -0.4 is 5.32 Å². The molecule has 1 saturated heterocycles. The smallest absolute Gasteiger partial charge is 0.241 e. The standard InChI is InChI=1S/C14H22N2OS2/c1-9(2)12-14(17)16(10(3)7-18-4)13(15-12)11-5-6-19-8-11/h5-6,8-10,12-13,15H,7H2,1-4H3. The van der Waals surface area contributed by atoms with E-state index in [-0.39, 0.29) is 24.2 Å². The predicted octanol–water partition coefficient (Wildman–Crippen LogP) is 2.95. The molecule has 0 radical (unpaired) electrons. The Labute approximate surface area is 123 Å². The van der Waals surface area contributed by atoms with Crippen LogP contribution in [0.5, 0.6) is 0 Å². The number of hydrogen-bond donors (Lipinski definition) is 1. The molecule has 1 N–H and O–H groups in total. The molecule has 106 valence electrons. The Kier molecular flexibility index (Phi) is 4.92. The third-order valence-electron chi connectivity index (χ3n) is 3.54. The lowest BCUT2D eigenvalue weighted by atomic mass is 10.0. The molecule has 0 aliphatic carbocycles. The molecule has 2 rings (SSSR count). The molecule has 1 aromatic rings. The summed E-state index contributed by atoms with van der Waals surface area (Å²) < 4.78 is 0. The summed E-state index contributed by atoms with van der Waals surface area (Å²) in [4.78, 5) is 14.7. The van der Waals surface area contributed by atoms with Gasteiger partial charge in [0.05, 0.1) is 6.04 Å². The number of hydrogen-bond acceptors (Lipinski definition) is 4. The van der Waals surface area contributed by atoms with E-state index in [1.54, 1.807) is 23.1 Å². The van der Waals surface area contributed by atoms with Gasteiger partial charge in [0.25, 0.3) is 0 Å². The van der Waals surface area contributed by atoms with Crippen molar-refractivity contribution in [2.24, 2.45) is 5.92 Å². The number of carbonyl (C=O) groups is 1. The van der Waals surface area contributed by atoms with E-state index in [4.69, 9.17) is 0 Å². The van der Waals surface area contributed by atoms with Crippen LogP contribution in [0, 0.1) is 5.92 Å². The van der Waals surface area contributed by atoms with Crippen LogP contribution in [-0.2, 0) is 4.79 Å². The van der Waals surface area contributed by atoms with Gasteiger partial charge in [0, 0.05) is 11.8 Å². The molecule has 1 aromatic heterocycles.